The van der Waals surface area contributed by atoms with Crippen LogP contribution in [0.3, 0.4) is 0 Å². The van der Waals surface area contributed by atoms with Gasteiger partial charge in [-0.1, -0.05) is 58.1 Å². The Bertz CT molecular complexity index is 146. The number of allylic oxidation sites excluding steroid dienone is 2. The van der Waals surface area contributed by atoms with E-state index in [9.17, 15) is 0 Å². The van der Waals surface area contributed by atoms with Crippen molar-refractivity contribution in [3.05, 3.63) is 12.2 Å². The van der Waals surface area contributed by atoms with E-state index in [0.29, 0.717) is 0 Å². The highest BCUT2D eigenvalue weighted by Gasteiger charge is 2.17. The Kier molecular flexibility index (Phi) is 5.19. The van der Waals surface area contributed by atoms with Crippen molar-refractivity contribution in [1.82, 2.24) is 0 Å². The summed E-state index contributed by atoms with van der Waals surface area (Å²) in [6, 6.07) is 0. The van der Waals surface area contributed by atoms with E-state index in [1.807, 2.05) is 0 Å². The maximum atomic E-state index is 2.49. The van der Waals surface area contributed by atoms with Gasteiger partial charge >= 0.3 is 0 Å². The van der Waals surface area contributed by atoms with E-state index in [4.69, 9.17) is 0 Å². The summed E-state index contributed by atoms with van der Waals surface area (Å²) >= 11 is 0. The minimum Gasteiger partial charge on any atom is -0.0883 e. The molecule has 0 aliphatic heterocycles. The summed E-state index contributed by atoms with van der Waals surface area (Å²) in [7, 11) is 0. The number of unbranched alkanes of at least 4 members (excludes halogenated alkanes) is 2. The third-order valence-electron chi connectivity index (χ3n) is 3.29. The van der Waals surface area contributed by atoms with E-state index >= 15 is 0 Å². The van der Waals surface area contributed by atoms with Crippen LogP contribution in [0.4, 0.5) is 0 Å². The number of hydrogen-bond donors (Lipinski definition) is 0. The Morgan fingerprint density at radius 1 is 1.23 bits per heavy atom. The summed E-state index contributed by atoms with van der Waals surface area (Å²) in [5.41, 5.74) is 0. The topological polar surface area (TPSA) is 0 Å². The van der Waals surface area contributed by atoms with E-state index < -0.39 is 0 Å². The fourth-order valence-electron chi connectivity index (χ4n) is 2.22. The molecule has 0 spiro atoms. The summed E-state index contributed by atoms with van der Waals surface area (Å²) in [6.45, 7) is 4.67. The van der Waals surface area contributed by atoms with Crippen LogP contribution < -0.4 is 0 Å². The van der Waals surface area contributed by atoms with Crippen molar-refractivity contribution in [2.24, 2.45) is 11.8 Å². The third-order valence-corrected chi connectivity index (χ3v) is 3.29. The molecule has 0 aromatic rings. The molecule has 13 heavy (non-hydrogen) atoms. The van der Waals surface area contributed by atoms with E-state index in [1.165, 1.54) is 44.9 Å². The molecule has 1 rings (SSSR count). The zero-order chi connectivity index (χ0) is 9.52. The molecule has 0 heteroatoms. The van der Waals surface area contributed by atoms with E-state index in [-0.39, 0.29) is 0 Å². The quantitative estimate of drug-likeness (QED) is 0.439. The highest BCUT2D eigenvalue weighted by molar-refractivity contribution is 4.92. The first-order valence-corrected chi connectivity index (χ1v) is 6.01. The van der Waals surface area contributed by atoms with Crippen LogP contribution in [0, 0.1) is 11.8 Å². The van der Waals surface area contributed by atoms with Crippen LogP contribution in [-0.2, 0) is 0 Å². The van der Waals surface area contributed by atoms with Gasteiger partial charge in [-0.3, -0.25) is 0 Å². The summed E-state index contributed by atoms with van der Waals surface area (Å²) < 4.78 is 0. The Morgan fingerprint density at radius 2 is 2.00 bits per heavy atom. The first-order chi connectivity index (χ1) is 6.34. The highest BCUT2D eigenvalue weighted by atomic mass is 14.2. The van der Waals surface area contributed by atoms with Crippen molar-refractivity contribution in [3.8, 4) is 0 Å². The van der Waals surface area contributed by atoms with Crippen LogP contribution in [0.5, 0.6) is 0 Å². The van der Waals surface area contributed by atoms with Crippen molar-refractivity contribution >= 4 is 0 Å². The second-order valence-electron chi connectivity index (χ2n) is 4.50. The smallest absolute Gasteiger partial charge is 0.0208 e. The largest absolute Gasteiger partial charge is 0.0883 e. The van der Waals surface area contributed by atoms with Gasteiger partial charge in [-0.2, -0.15) is 0 Å². The maximum Gasteiger partial charge on any atom is -0.0208 e. The van der Waals surface area contributed by atoms with E-state index in [2.05, 4.69) is 26.0 Å². The molecule has 1 aliphatic carbocycles. The van der Waals surface area contributed by atoms with Gasteiger partial charge in [0.25, 0.3) is 0 Å². The SMILES string of the molecule is CCCCC=CC1CCCCC1C. The van der Waals surface area contributed by atoms with E-state index in [0.717, 1.165) is 11.8 Å². The maximum absolute atomic E-state index is 2.49. The lowest BCUT2D eigenvalue weighted by molar-refractivity contribution is 0.306. The van der Waals surface area contributed by atoms with Crippen LogP contribution in [0.2, 0.25) is 0 Å². The third kappa shape index (κ3) is 3.97. The van der Waals surface area contributed by atoms with E-state index in [1.54, 1.807) is 0 Å². The van der Waals surface area contributed by atoms with Crippen LogP contribution >= 0.6 is 0 Å². The fraction of sp³-hybridized carbons (Fsp3) is 0.846. The molecule has 0 bridgehead atoms. The second kappa shape index (κ2) is 6.23. The molecule has 1 saturated carbocycles. The van der Waals surface area contributed by atoms with Crippen LogP contribution in [0.15, 0.2) is 12.2 Å². The number of rotatable bonds is 4. The molecule has 0 aromatic carbocycles. The summed E-state index contributed by atoms with van der Waals surface area (Å²) in [5.74, 6) is 1.83. The van der Waals surface area contributed by atoms with Gasteiger partial charge < -0.3 is 0 Å². The average Bonchev–Trinajstić information content (AvgIpc) is 2.15. The van der Waals surface area contributed by atoms with Crippen LogP contribution in [0.25, 0.3) is 0 Å². The minimum absolute atomic E-state index is 0.894. The predicted octanol–water partition coefficient (Wildman–Crippen LogP) is 4.56. The predicted molar refractivity (Wildman–Crippen MR) is 59.8 cm³/mol. The van der Waals surface area contributed by atoms with Gasteiger partial charge in [0.2, 0.25) is 0 Å². The molecular formula is C13H24. The zero-order valence-corrected chi connectivity index (χ0v) is 9.26. The standard InChI is InChI=1S/C13H24/c1-3-4-5-6-10-13-11-8-7-9-12(13)2/h6,10,12-13H,3-5,7-9,11H2,1-2H3. The average molecular weight is 180 g/mol. The Morgan fingerprint density at radius 3 is 2.69 bits per heavy atom. The van der Waals surface area contributed by atoms with Crippen molar-refractivity contribution in [1.29, 1.82) is 0 Å². The first-order valence-electron chi connectivity index (χ1n) is 6.01. The second-order valence-corrected chi connectivity index (χ2v) is 4.50. The molecule has 0 amide bonds. The zero-order valence-electron chi connectivity index (χ0n) is 9.26. The molecule has 1 aliphatic rings. The molecule has 0 saturated heterocycles. The van der Waals surface area contributed by atoms with Gasteiger partial charge in [0.15, 0.2) is 0 Å². The molecule has 2 unspecified atom stereocenters. The lowest BCUT2D eigenvalue weighted by Crippen LogP contribution is -2.14. The molecule has 2 atom stereocenters. The van der Waals surface area contributed by atoms with Crippen LogP contribution in [0.1, 0.15) is 58.8 Å². The monoisotopic (exact) mass is 180 g/mol. The van der Waals surface area contributed by atoms with Crippen molar-refractivity contribution in [3.63, 3.8) is 0 Å². The van der Waals surface area contributed by atoms with Gasteiger partial charge in [-0.25, -0.2) is 0 Å². The molecule has 1 fully saturated rings. The molecule has 0 aromatic heterocycles. The van der Waals surface area contributed by atoms with Crippen molar-refractivity contribution in [2.75, 3.05) is 0 Å². The number of hydrogen-bond acceptors (Lipinski definition) is 0. The summed E-state index contributed by atoms with van der Waals surface area (Å²) in [5, 5.41) is 0. The van der Waals surface area contributed by atoms with Crippen LogP contribution in [-0.4, -0.2) is 0 Å². The molecule has 0 heterocycles. The lowest BCUT2D eigenvalue weighted by atomic mass is 9.80. The van der Waals surface area contributed by atoms with Gasteiger partial charge in [-0.15, -0.1) is 0 Å². The van der Waals surface area contributed by atoms with Gasteiger partial charge in [0.1, 0.15) is 0 Å². The normalized spacial score (nSPS) is 29.7. The fourth-order valence-corrected chi connectivity index (χ4v) is 2.22. The first kappa shape index (κ1) is 10.8. The van der Waals surface area contributed by atoms with Crippen molar-refractivity contribution in [2.45, 2.75) is 58.8 Å². The molecule has 76 valence electrons. The lowest BCUT2D eigenvalue weighted by Gasteiger charge is -2.25. The molecular weight excluding hydrogens is 156 g/mol. The molecule has 0 N–H and O–H groups in total. The van der Waals surface area contributed by atoms with Gasteiger partial charge in [-0.05, 0) is 24.7 Å². The van der Waals surface area contributed by atoms with Gasteiger partial charge in [0.05, 0.1) is 0 Å². The summed E-state index contributed by atoms with van der Waals surface area (Å²) in [4.78, 5) is 0. The minimum atomic E-state index is 0.894. The summed E-state index contributed by atoms with van der Waals surface area (Å²) in [6.07, 6.45) is 14.7. The molecule has 0 nitrogen and oxygen atoms in total. The van der Waals surface area contributed by atoms with Crippen molar-refractivity contribution < 1.29 is 0 Å². The Balaban J connectivity index is 2.21. The molecule has 0 radical (unpaired) electrons. The Labute approximate surface area is 83.4 Å². The van der Waals surface area contributed by atoms with Gasteiger partial charge in [0, 0.05) is 0 Å². The highest BCUT2D eigenvalue weighted by Crippen LogP contribution is 2.30. The Hall–Kier alpha value is -0.260.